The van der Waals surface area contributed by atoms with Crippen molar-refractivity contribution in [3.8, 4) is 0 Å². The van der Waals surface area contributed by atoms with Crippen LogP contribution in [0.1, 0.15) is 11.1 Å². The summed E-state index contributed by atoms with van der Waals surface area (Å²) < 4.78 is 0. The summed E-state index contributed by atoms with van der Waals surface area (Å²) in [6, 6.07) is 59.6. The minimum Gasteiger partial charge on any atom is -0.436 e. The fraction of sp³-hybridized carbons (Fsp3) is 0. The molecule has 0 saturated carbocycles. The van der Waals surface area contributed by atoms with Crippen molar-refractivity contribution in [3.05, 3.63) is 204 Å². The van der Waals surface area contributed by atoms with E-state index < -0.39 is 0 Å². The van der Waals surface area contributed by atoms with Crippen LogP contribution in [-0.4, -0.2) is 11.7 Å². The van der Waals surface area contributed by atoms with E-state index in [2.05, 4.69) is 20.6 Å². The van der Waals surface area contributed by atoms with E-state index in [-0.39, 0.29) is 20.4 Å². The summed E-state index contributed by atoms with van der Waals surface area (Å²) >= 11 is 0. The predicted octanol–water partition coefficient (Wildman–Crippen LogP) is 10.9. The molecule has 6 aromatic rings. The van der Waals surface area contributed by atoms with E-state index in [0.717, 1.165) is 33.9 Å². The van der Waals surface area contributed by atoms with E-state index >= 15 is 0 Å². The first-order valence-corrected chi connectivity index (χ1v) is 13.8. The summed E-state index contributed by atoms with van der Waals surface area (Å²) in [5, 5.41) is 9.35. The number of aliphatic imine (C=N–C) groups is 2. The molecule has 0 aliphatic rings. The van der Waals surface area contributed by atoms with E-state index in [1.165, 1.54) is 0 Å². The molecule has 6 rings (SSSR count). The van der Waals surface area contributed by atoms with E-state index in [0.29, 0.717) is 11.7 Å². The first-order valence-electron chi connectivity index (χ1n) is 13.8. The molecule has 6 aromatic carbocycles. The van der Waals surface area contributed by atoms with Gasteiger partial charge in [0, 0.05) is 0 Å². The van der Waals surface area contributed by atoms with Crippen LogP contribution in [0.5, 0.6) is 0 Å². The van der Waals surface area contributed by atoms with Gasteiger partial charge in [-0.2, -0.15) is 0 Å². The minimum atomic E-state index is 0. The number of hydrogen-bond donors (Lipinski definition) is 0. The Hall–Kier alpha value is -5.08. The Morgan fingerprint density at radius 1 is 0.326 bits per heavy atom. The van der Waals surface area contributed by atoms with Gasteiger partial charge in [0.2, 0.25) is 0 Å². The van der Waals surface area contributed by atoms with Crippen LogP contribution in [0.15, 0.2) is 192 Å². The molecule has 0 aliphatic carbocycles. The molecule has 43 heavy (non-hydrogen) atoms. The summed E-state index contributed by atoms with van der Waals surface area (Å²) in [5.41, 5.74) is 5.61. The molecule has 0 aromatic heterocycles. The summed E-state index contributed by atoms with van der Waals surface area (Å²) in [6.45, 7) is 0. The summed E-state index contributed by atoms with van der Waals surface area (Å²) in [7, 11) is 0. The molecule has 0 aliphatic heterocycles. The van der Waals surface area contributed by atoms with Crippen molar-refractivity contribution in [2.75, 3.05) is 0 Å². The summed E-state index contributed by atoms with van der Waals surface area (Å²) in [5.74, 6) is 1.43. The number of nitrogens with zero attached hydrogens (tertiary/aromatic N) is 4. The maximum absolute atomic E-state index is 4.67. The molecule has 0 unspecified atom stereocenters. The molecule has 0 N–H and O–H groups in total. The predicted molar refractivity (Wildman–Crippen MR) is 177 cm³/mol. The first-order chi connectivity index (χ1) is 20.8. The Morgan fingerprint density at radius 2 is 0.581 bits per heavy atom. The monoisotopic (exact) mass is 648 g/mol. The average molecular weight is 649 g/mol. The van der Waals surface area contributed by atoms with Gasteiger partial charge in [-0.05, 0) is 33.9 Å². The number of benzene rings is 6. The number of hydrogen-bond acceptors (Lipinski definition) is 2. The normalized spacial score (nSPS) is 10.9. The molecule has 0 fully saturated rings. The van der Waals surface area contributed by atoms with E-state index in [4.69, 9.17) is 0 Å². The van der Waals surface area contributed by atoms with E-state index in [9.17, 15) is 0 Å². The Kier molecular flexibility index (Phi) is 12.2. The quantitative estimate of drug-likeness (QED) is 0.0980. The third kappa shape index (κ3) is 10.1. The second-order valence-electron chi connectivity index (χ2n) is 9.17. The van der Waals surface area contributed by atoms with Crippen molar-refractivity contribution >= 4 is 34.4 Å². The zero-order chi connectivity index (χ0) is 28.7. The third-order valence-electron chi connectivity index (χ3n) is 6.03. The molecule has 0 atom stereocenters. The molecule has 5 heteroatoms. The molecule has 0 amide bonds. The molecule has 0 heterocycles. The van der Waals surface area contributed by atoms with Gasteiger partial charge in [0.1, 0.15) is 0 Å². The van der Waals surface area contributed by atoms with Crippen molar-refractivity contribution in [2.45, 2.75) is 0 Å². The van der Waals surface area contributed by atoms with Gasteiger partial charge in [-0.1, -0.05) is 194 Å². The van der Waals surface area contributed by atoms with Crippen LogP contribution in [0.4, 0.5) is 22.7 Å². The topological polar surface area (TPSA) is 52.9 Å². The Morgan fingerprint density at radius 3 is 0.884 bits per heavy atom. The van der Waals surface area contributed by atoms with Crippen LogP contribution < -0.4 is 0 Å². The maximum atomic E-state index is 4.67. The number of rotatable bonds is 6. The molecule has 0 spiro atoms. The van der Waals surface area contributed by atoms with Crippen molar-refractivity contribution in [3.63, 3.8) is 0 Å². The van der Waals surface area contributed by atoms with Crippen LogP contribution in [-0.2, 0) is 20.4 Å². The summed E-state index contributed by atoms with van der Waals surface area (Å²) in [6.07, 6.45) is 0. The van der Waals surface area contributed by atoms with Crippen LogP contribution in [0, 0.1) is 0 Å². The van der Waals surface area contributed by atoms with E-state index in [1.54, 1.807) is 0 Å². The standard InChI is InChI=1S/2C19H15N2.Pd/c2*1-4-10-16(11-5-1)19(20-17-12-6-2-7-13-17)21-18-14-8-3-9-15-18;/h2*1-15H;/q2*-1;+2. The Labute approximate surface area is 267 Å². The fourth-order valence-electron chi connectivity index (χ4n) is 3.98. The Balaban J connectivity index is 0.000000192. The van der Waals surface area contributed by atoms with Gasteiger partial charge in [0.15, 0.2) is 0 Å². The third-order valence-corrected chi connectivity index (χ3v) is 6.03. The second kappa shape index (κ2) is 17.0. The van der Waals surface area contributed by atoms with Gasteiger partial charge in [0.05, 0.1) is 0 Å². The van der Waals surface area contributed by atoms with Crippen LogP contribution >= 0.6 is 0 Å². The van der Waals surface area contributed by atoms with Gasteiger partial charge < -0.3 is 20.6 Å². The molecule has 0 radical (unpaired) electrons. The SMILES string of the molecule is [Pd+2].c1ccc(N=C([N-]c2ccccc2)c2ccccc2)cc1.c1ccc(N=C([N-]c2ccccc2)c2ccccc2)cc1. The van der Waals surface area contributed by atoms with E-state index in [1.807, 2.05) is 182 Å². The van der Waals surface area contributed by atoms with Gasteiger partial charge in [-0.3, -0.25) is 0 Å². The fourth-order valence-corrected chi connectivity index (χ4v) is 3.98. The minimum absolute atomic E-state index is 0. The zero-order valence-electron chi connectivity index (χ0n) is 23.4. The molecule has 212 valence electrons. The maximum Gasteiger partial charge on any atom is 2.00 e. The number of para-hydroxylation sites is 4. The Bertz CT molecular complexity index is 1550. The van der Waals surface area contributed by atoms with Crippen LogP contribution in [0.2, 0.25) is 0 Å². The van der Waals surface area contributed by atoms with Crippen molar-refractivity contribution in [1.29, 1.82) is 0 Å². The van der Waals surface area contributed by atoms with Crippen LogP contribution in [0.25, 0.3) is 10.6 Å². The largest absolute Gasteiger partial charge is 2.00 e. The smallest absolute Gasteiger partial charge is 0.436 e. The average Bonchev–Trinajstić information content (AvgIpc) is 3.07. The van der Waals surface area contributed by atoms with Gasteiger partial charge >= 0.3 is 20.4 Å². The molecular weight excluding hydrogens is 619 g/mol. The van der Waals surface area contributed by atoms with Gasteiger partial charge in [0.25, 0.3) is 0 Å². The van der Waals surface area contributed by atoms with Crippen molar-refractivity contribution in [1.82, 2.24) is 0 Å². The van der Waals surface area contributed by atoms with Crippen LogP contribution in [0.3, 0.4) is 0 Å². The van der Waals surface area contributed by atoms with Crippen molar-refractivity contribution < 1.29 is 20.4 Å². The molecule has 4 nitrogen and oxygen atoms in total. The van der Waals surface area contributed by atoms with Crippen molar-refractivity contribution in [2.24, 2.45) is 9.98 Å². The van der Waals surface area contributed by atoms with Gasteiger partial charge in [-0.15, -0.1) is 0 Å². The molecule has 0 saturated heterocycles. The van der Waals surface area contributed by atoms with Gasteiger partial charge in [-0.25, -0.2) is 0 Å². The second-order valence-corrected chi connectivity index (χ2v) is 9.17. The zero-order valence-corrected chi connectivity index (χ0v) is 25.0. The molecular formula is C38H30N4Pd. The molecule has 0 bridgehead atoms. The number of amidine groups is 2. The summed E-state index contributed by atoms with van der Waals surface area (Å²) in [4.78, 5) is 9.35. The first kappa shape index (κ1) is 30.9.